The standard InChI is InChI=1S/C21H19N3O2/c1-13-19(16-9-5-6-10-17(16)22-13)20-15-8-4-3-7-14(15)11-12-18(20)23-24-21(25)26-2/h3-12,22-23H,1-2H3,(H,24,25). The van der Waals surface area contributed by atoms with Crippen LogP contribution < -0.4 is 10.9 Å². The summed E-state index contributed by atoms with van der Waals surface area (Å²) in [4.78, 5) is 15.0. The van der Waals surface area contributed by atoms with E-state index in [-0.39, 0.29) is 0 Å². The molecule has 5 nitrogen and oxygen atoms in total. The summed E-state index contributed by atoms with van der Waals surface area (Å²) in [6.07, 6.45) is -0.542. The number of ether oxygens (including phenoxy) is 1. The Morgan fingerprint density at radius 1 is 0.923 bits per heavy atom. The van der Waals surface area contributed by atoms with Crippen molar-refractivity contribution in [2.45, 2.75) is 6.92 Å². The molecule has 1 heterocycles. The average molecular weight is 345 g/mol. The molecule has 0 saturated heterocycles. The lowest BCUT2D eigenvalue weighted by atomic mass is 9.94. The number of carbonyl (C=O) groups excluding carboxylic acids is 1. The van der Waals surface area contributed by atoms with E-state index < -0.39 is 6.09 Å². The van der Waals surface area contributed by atoms with Crippen molar-refractivity contribution in [1.29, 1.82) is 0 Å². The second kappa shape index (κ2) is 6.44. The van der Waals surface area contributed by atoms with E-state index in [1.807, 2.05) is 36.4 Å². The third kappa shape index (κ3) is 2.63. The Hall–Kier alpha value is -3.47. The predicted molar refractivity (Wildman–Crippen MR) is 105 cm³/mol. The molecule has 130 valence electrons. The number of para-hydroxylation sites is 1. The second-order valence-corrected chi connectivity index (χ2v) is 6.12. The highest BCUT2D eigenvalue weighted by atomic mass is 16.5. The minimum absolute atomic E-state index is 0.542. The SMILES string of the molecule is COC(=O)NNc1ccc2ccccc2c1-c1c(C)[nH]c2ccccc12. The maximum absolute atomic E-state index is 11.5. The van der Waals surface area contributed by atoms with Gasteiger partial charge >= 0.3 is 6.09 Å². The van der Waals surface area contributed by atoms with Gasteiger partial charge in [-0.1, -0.05) is 48.5 Å². The normalized spacial score (nSPS) is 10.8. The van der Waals surface area contributed by atoms with Gasteiger partial charge in [0.25, 0.3) is 0 Å². The second-order valence-electron chi connectivity index (χ2n) is 6.12. The molecule has 0 radical (unpaired) electrons. The van der Waals surface area contributed by atoms with E-state index in [2.05, 4.69) is 51.8 Å². The summed E-state index contributed by atoms with van der Waals surface area (Å²) >= 11 is 0. The molecule has 0 aliphatic carbocycles. The van der Waals surface area contributed by atoms with Gasteiger partial charge in [0, 0.05) is 27.7 Å². The first-order valence-corrected chi connectivity index (χ1v) is 8.38. The highest BCUT2D eigenvalue weighted by molar-refractivity contribution is 6.10. The largest absolute Gasteiger partial charge is 0.452 e. The fraction of sp³-hybridized carbons (Fsp3) is 0.0952. The van der Waals surface area contributed by atoms with Gasteiger partial charge in [-0.15, -0.1) is 0 Å². The van der Waals surface area contributed by atoms with Crippen molar-refractivity contribution in [3.05, 3.63) is 66.4 Å². The maximum atomic E-state index is 11.5. The molecule has 0 spiro atoms. The predicted octanol–water partition coefficient (Wildman–Crippen LogP) is 4.98. The molecule has 0 bridgehead atoms. The van der Waals surface area contributed by atoms with Crippen LogP contribution in [0, 0.1) is 6.92 Å². The zero-order valence-corrected chi connectivity index (χ0v) is 14.6. The summed E-state index contributed by atoms with van der Waals surface area (Å²) in [6.45, 7) is 2.06. The summed E-state index contributed by atoms with van der Waals surface area (Å²) in [7, 11) is 1.34. The van der Waals surface area contributed by atoms with Crippen LogP contribution in [0.4, 0.5) is 10.5 Å². The van der Waals surface area contributed by atoms with Crippen LogP contribution >= 0.6 is 0 Å². The van der Waals surface area contributed by atoms with Crippen LogP contribution in [0.2, 0.25) is 0 Å². The minimum atomic E-state index is -0.542. The van der Waals surface area contributed by atoms with Gasteiger partial charge in [-0.2, -0.15) is 0 Å². The van der Waals surface area contributed by atoms with Crippen LogP contribution in [-0.4, -0.2) is 18.2 Å². The quantitative estimate of drug-likeness (QED) is 0.459. The van der Waals surface area contributed by atoms with E-state index in [9.17, 15) is 4.79 Å². The van der Waals surface area contributed by atoms with Gasteiger partial charge in [0.05, 0.1) is 12.8 Å². The van der Waals surface area contributed by atoms with Gasteiger partial charge in [-0.25, -0.2) is 10.2 Å². The van der Waals surface area contributed by atoms with Crippen molar-refractivity contribution in [2.75, 3.05) is 12.5 Å². The number of hydrogen-bond donors (Lipinski definition) is 3. The number of aromatic amines is 1. The first-order valence-electron chi connectivity index (χ1n) is 8.38. The van der Waals surface area contributed by atoms with Crippen LogP contribution in [-0.2, 0) is 4.74 Å². The van der Waals surface area contributed by atoms with Crippen LogP contribution in [0.25, 0.3) is 32.8 Å². The molecular weight excluding hydrogens is 326 g/mol. The van der Waals surface area contributed by atoms with E-state index in [1.165, 1.54) is 7.11 Å². The highest BCUT2D eigenvalue weighted by Crippen LogP contribution is 2.41. The molecule has 0 aliphatic rings. The molecule has 1 aromatic heterocycles. The number of rotatable bonds is 3. The molecule has 0 saturated carbocycles. The topological polar surface area (TPSA) is 66.2 Å². The van der Waals surface area contributed by atoms with Crippen molar-refractivity contribution >= 4 is 33.5 Å². The van der Waals surface area contributed by atoms with Gasteiger partial charge in [0.1, 0.15) is 0 Å². The Bertz CT molecular complexity index is 1110. The van der Waals surface area contributed by atoms with Gasteiger partial charge in [0.15, 0.2) is 0 Å². The smallest absolute Gasteiger partial charge is 0.425 e. The molecular formula is C21H19N3O2. The molecule has 3 N–H and O–H groups in total. The summed E-state index contributed by atoms with van der Waals surface area (Å²) in [6, 6.07) is 20.4. The first-order chi connectivity index (χ1) is 12.7. The summed E-state index contributed by atoms with van der Waals surface area (Å²) in [5.41, 5.74) is 10.7. The lowest BCUT2D eigenvalue weighted by Gasteiger charge is -2.16. The minimum Gasteiger partial charge on any atom is -0.452 e. The molecule has 0 fully saturated rings. The van der Waals surface area contributed by atoms with Crippen molar-refractivity contribution in [3.63, 3.8) is 0 Å². The molecule has 0 aliphatic heterocycles. The number of hydrogen-bond acceptors (Lipinski definition) is 3. The van der Waals surface area contributed by atoms with E-state index in [1.54, 1.807) is 0 Å². The van der Waals surface area contributed by atoms with Gasteiger partial charge in [-0.3, -0.25) is 5.43 Å². The average Bonchev–Trinajstić information content (AvgIpc) is 3.01. The number of nitrogens with one attached hydrogen (secondary N) is 3. The molecule has 1 amide bonds. The monoisotopic (exact) mass is 345 g/mol. The van der Waals surface area contributed by atoms with Crippen LogP contribution in [0.3, 0.4) is 0 Å². The molecule has 26 heavy (non-hydrogen) atoms. The Labute approximate surface area is 151 Å². The number of methoxy groups -OCH3 is 1. The molecule has 4 rings (SSSR count). The number of carbonyl (C=O) groups is 1. The fourth-order valence-corrected chi connectivity index (χ4v) is 3.41. The van der Waals surface area contributed by atoms with E-state index >= 15 is 0 Å². The fourth-order valence-electron chi connectivity index (χ4n) is 3.41. The molecule has 4 aromatic rings. The van der Waals surface area contributed by atoms with Crippen LogP contribution in [0.5, 0.6) is 0 Å². The Kier molecular flexibility index (Phi) is 3.97. The molecule has 0 unspecified atom stereocenters. The lowest BCUT2D eigenvalue weighted by molar-refractivity contribution is 0.173. The lowest BCUT2D eigenvalue weighted by Crippen LogP contribution is -2.29. The number of fused-ring (bicyclic) bond motifs is 2. The van der Waals surface area contributed by atoms with E-state index in [4.69, 9.17) is 0 Å². The number of amides is 1. The van der Waals surface area contributed by atoms with Crippen molar-refractivity contribution in [2.24, 2.45) is 0 Å². The summed E-state index contributed by atoms with van der Waals surface area (Å²) < 4.78 is 4.67. The summed E-state index contributed by atoms with van der Waals surface area (Å²) in [5.74, 6) is 0. The highest BCUT2D eigenvalue weighted by Gasteiger charge is 2.17. The number of anilines is 1. The number of aryl methyl sites for hydroxylation is 1. The van der Waals surface area contributed by atoms with E-state index in [0.717, 1.165) is 44.2 Å². The molecule has 0 atom stereocenters. The molecule has 5 heteroatoms. The third-order valence-corrected chi connectivity index (χ3v) is 4.56. The molecule has 3 aromatic carbocycles. The Balaban J connectivity index is 1.99. The van der Waals surface area contributed by atoms with E-state index in [0.29, 0.717) is 0 Å². The third-order valence-electron chi connectivity index (χ3n) is 4.56. The van der Waals surface area contributed by atoms with Gasteiger partial charge in [0.2, 0.25) is 0 Å². The number of H-pyrrole nitrogens is 1. The zero-order valence-electron chi connectivity index (χ0n) is 14.6. The first kappa shape index (κ1) is 16.0. The summed E-state index contributed by atoms with van der Waals surface area (Å²) in [5, 5.41) is 3.38. The maximum Gasteiger partial charge on any atom is 0.425 e. The van der Waals surface area contributed by atoms with Crippen molar-refractivity contribution in [1.82, 2.24) is 10.4 Å². The van der Waals surface area contributed by atoms with Crippen LogP contribution in [0.15, 0.2) is 60.7 Å². The number of aromatic nitrogens is 1. The Morgan fingerprint density at radius 2 is 1.65 bits per heavy atom. The van der Waals surface area contributed by atoms with Crippen molar-refractivity contribution in [3.8, 4) is 11.1 Å². The number of benzene rings is 3. The number of hydrazine groups is 1. The van der Waals surface area contributed by atoms with Crippen LogP contribution in [0.1, 0.15) is 5.69 Å². The van der Waals surface area contributed by atoms with Gasteiger partial charge in [-0.05, 0) is 29.8 Å². The Morgan fingerprint density at radius 3 is 2.46 bits per heavy atom. The zero-order chi connectivity index (χ0) is 18.1. The van der Waals surface area contributed by atoms with Crippen molar-refractivity contribution < 1.29 is 9.53 Å². The van der Waals surface area contributed by atoms with Gasteiger partial charge < -0.3 is 9.72 Å².